The molecule has 1 rings (SSSR count). The van der Waals surface area contributed by atoms with Crippen LogP contribution in [0.2, 0.25) is 5.15 Å². The number of halogens is 1. The summed E-state index contributed by atoms with van der Waals surface area (Å²) < 4.78 is 0. The van der Waals surface area contributed by atoms with Crippen molar-refractivity contribution in [3.8, 4) is 0 Å². The van der Waals surface area contributed by atoms with E-state index in [4.69, 9.17) is 11.6 Å². The van der Waals surface area contributed by atoms with Gasteiger partial charge in [-0.25, -0.2) is 4.98 Å². The second-order valence-corrected chi connectivity index (χ2v) is 4.72. The van der Waals surface area contributed by atoms with E-state index in [-0.39, 0.29) is 11.9 Å². The molecule has 0 radical (unpaired) electrons. The fraction of sp³-hybridized carbons (Fsp3) is 0.500. The van der Waals surface area contributed by atoms with E-state index >= 15 is 0 Å². The van der Waals surface area contributed by atoms with Gasteiger partial charge in [0.05, 0.1) is 0 Å². The summed E-state index contributed by atoms with van der Waals surface area (Å²) in [5, 5.41) is 3.26. The van der Waals surface area contributed by atoms with Gasteiger partial charge in [-0.05, 0) is 46.1 Å². The van der Waals surface area contributed by atoms with Crippen LogP contribution in [0.1, 0.15) is 23.7 Å². The molecular formula is C12H18ClN3O. The fourth-order valence-corrected chi connectivity index (χ4v) is 1.55. The van der Waals surface area contributed by atoms with Gasteiger partial charge in [-0.3, -0.25) is 4.79 Å². The van der Waals surface area contributed by atoms with Crippen molar-refractivity contribution < 1.29 is 4.79 Å². The summed E-state index contributed by atoms with van der Waals surface area (Å²) in [5.41, 5.74) is 0.543. The van der Waals surface area contributed by atoms with Crippen LogP contribution in [0.5, 0.6) is 0 Å². The monoisotopic (exact) mass is 255 g/mol. The van der Waals surface area contributed by atoms with Crippen LogP contribution >= 0.6 is 11.6 Å². The van der Waals surface area contributed by atoms with E-state index in [1.165, 1.54) is 6.20 Å². The average molecular weight is 256 g/mol. The number of hydrogen-bond donors (Lipinski definition) is 1. The zero-order valence-corrected chi connectivity index (χ0v) is 11.2. The Morgan fingerprint density at radius 2 is 2.29 bits per heavy atom. The highest BCUT2D eigenvalue weighted by atomic mass is 35.5. The molecule has 0 aliphatic carbocycles. The summed E-state index contributed by atoms with van der Waals surface area (Å²) in [6.45, 7) is 2.93. The molecule has 1 aromatic rings. The number of carbonyl (C=O) groups is 1. The number of rotatable bonds is 5. The molecule has 0 fully saturated rings. The van der Waals surface area contributed by atoms with Crippen molar-refractivity contribution in [1.82, 2.24) is 15.2 Å². The molecule has 1 aromatic heterocycles. The van der Waals surface area contributed by atoms with Gasteiger partial charge in [0, 0.05) is 17.8 Å². The van der Waals surface area contributed by atoms with Crippen molar-refractivity contribution in [2.75, 3.05) is 20.6 Å². The maximum atomic E-state index is 11.8. The summed E-state index contributed by atoms with van der Waals surface area (Å²) in [6.07, 6.45) is 2.44. The van der Waals surface area contributed by atoms with Gasteiger partial charge < -0.3 is 10.2 Å². The van der Waals surface area contributed by atoms with Crippen LogP contribution in [0.15, 0.2) is 18.3 Å². The van der Waals surface area contributed by atoms with Crippen LogP contribution in [0.3, 0.4) is 0 Å². The lowest BCUT2D eigenvalue weighted by molar-refractivity contribution is 0.0936. The van der Waals surface area contributed by atoms with E-state index in [9.17, 15) is 4.79 Å². The number of nitrogens with one attached hydrogen (secondary N) is 1. The highest BCUT2D eigenvalue weighted by Crippen LogP contribution is 2.07. The van der Waals surface area contributed by atoms with Gasteiger partial charge in [-0.2, -0.15) is 0 Å². The largest absolute Gasteiger partial charge is 0.350 e. The third kappa shape index (κ3) is 5.15. The molecule has 1 unspecified atom stereocenters. The molecule has 0 saturated heterocycles. The van der Waals surface area contributed by atoms with Gasteiger partial charge in [0.15, 0.2) is 0 Å². The lowest BCUT2D eigenvalue weighted by atomic mass is 10.2. The van der Waals surface area contributed by atoms with E-state index < -0.39 is 0 Å². The summed E-state index contributed by atoms with van der Waals surface area (Å²) in [7, 11) is 4.02. The van der Waals surface area contributed by atoms with E-state index in [1.807, 2.05) is 21.0 Å². The number of amides is 1. The molecule has 0 saturated carbocycles. The molecule has 1 N–H and O–H groups in total. The van der Waals surface area contributed by atoms with Crippen LogP contribution in [0.25, 0.3) is 0 Å². The number of nitrogens with zero attached hydrogens (tertiary/aromatic N) is 2. The van der Waals surface area contributed by atoms with Crippen LogP contribution in [0, 0.1) is 0 Å². The molecule has 0 bridgehead atoms. The first kappa shape index (κ1) is 13.9. The molecule has 1 atom stereocenters. The molecule has 4 nitrogen and oxygen atoms in total. The number of pyridine rings is 1. The summed E-state index contributed by atoms with van der Waals surface area (Å²) >= 11 is 5.73. The minimum Gasteiger partial charge on any atom is -0.350 e. The van der Waals surface area contributed by atoms with E-state index in [2.05, 4.69) is 15.2 Å². The minimum atomic E-state index is -0.111. The molecule has 0 aliphatic heterocycles. The minimum absolute atomic E-state index is 0.111. The summed E-state index contributed by atoms with van der Waals surface area (Å²) in [4.78, 5) is 17.8. The van der Waals surface area contributed by atoms with Crippen molar-refractivity contribution in [2.24, 2.45) is 0 Å². The fourth-order valence-electron chi connectivity index (χ4n) is 1.37. The standard InChI is InChI=1S/C12H18ClN3O/c1-9(5-7-16(2)3)15-12(17)10-4-6-14-11(13)8-10/h4,6,8-9H,5,7H2,1-3H3,(H,15,17). The highest BCUT2D eigenvalue weighted by molar-refractivity contribution is 6.29. The number of hydrogen-bond acceptors (Lipinski definition) is 3. The Bertz CT molecular complexity index is 382. The van der Waals surface area contributed by atoms with E-state index in [1.54, 1.807) is 12.1 Å². The third-order valence-corrected chi connectivity index (χ3v) is 2.58. The van der Waals surface area contributed by atoms with Crippen molar-refractivity contribution in [2.45, 2.75) is 19.4 Å². The normalized spacial score (nSPS) is 12.5. The van der Waals surface area contributed by atoms with Gasteiger partial charge >= 0.3 is 0 Å². The molecule has 0 aliphatic rings. The second-order valence-electron chi connectivity index (χ2n) is 4.33. The average Bonchev–Trinajstić information content (AvgIpc) is 2.26. The number of carbonyl (C=O) groups excluding carboxylic acids is 1. The molecule has 0 aromatic carbocycles. The predicted molar refractivity (Wildman–Crippen MR) is 69.3 cm³/mol. The van der Waals surface area contributed by atoms with Gasteiger partial charge in [0.1, 0.15) is 5.15 Å². The Morgan fingerprint density at radius 3 is 2.88 bits per heavy atom. The first-order chi connectivity index (χ1) is 7.99. The Morgan fingerprint density at radius 1 is 1.59 bits per heavy atom. The topological polar surface area (TPSA) is 45.2 Å². The Kier molecular flexibility index (Phi) is 5.38. The maximum Gasteiger partial charge on any atom is 0.251 e. The van der Waals surface area contributed by atoms with Crippen molar-refractivity contribution in [3.63, 3.8) is 0 Å². The van der Waals surface area contributed by atoms with Crippen molar-refractivity contribution >= 4 is 17.5 Å². The zero-order valence-electron chi connectivity index (χ0n) is 10.4. The van der Waals surface area contributed by atoms with E-state index in [0.29, 0.717) is 10.7 Å². The van der Waals surface area contributed by atoms with Gasteiger partial charge in [-0.15, -0.1) is 0 Å². The first-order valence-electron chi connectivity index (χ1n) is 5.56. The van der Waals surface area contributed by atoms with Gasteiger partial charge in [-0.1, -0.05) is 11.6 Å². The molecule has 17 heavy (non-hydrogen) atoms. The molecule has 0 spiro atoms. The van der Waals surface area contributed by atoms with E-state index in [0.717, 1.165) is 13.0 Å². The molecular weight excluding hydrogens is 238 g/mol. The SMILES string of the molecule is CC(CCN(C)C)NC(=O)c1ccnc(Cl)c1. The van der Waals surface area contributed by atoms with Gasteiger partial charge in [0.25, 0.3) is 5.91 Å². The van der Waals surface area contributed by atoms with Crippen molar-refractivity contribution in [3.05, 3.63) is 29.0 Å². The maximum absolute atomic E-state index is 11.8. The van der Waals surface area contributed by atoms with Crippen molar-refractivity contribution in [1.29, 1.82) is 0 Å². The lowest BCUT2D eigenvalue weighted by Crippen LogP contribution is -2.34. The Hall–Kier alpha value is -1.13. The quantitative estimate of drug-likeness (QED) is 0.817. The Labute approximate surface area is 107 Å². The first-order valence-corrected chi connectivity index (χ1v) is 5.94. The van der Waals surface area contributed by atoms with Crippen LogP contribution in [-0.4, -0.2) is 42.5 Å². The molecule has 1 amide bonds. The van der Waals surface area contributed by atoms with Crippen LogP contribution in [-0.2, 0) is 0 Å². The van der Waals surface area contributed by atoms with Gasteiger partial charge in [0.2, 0.25) is 0 Å². The predicted octanol–water partition coefficient (Wildman–Crippen LogP) is 1.81. The smallest absolute Gasteiger partial charge is 0.251 e. The van der Waals surface area contributed by atoms with Crippen LogP contribution in [0.4, 0.5) is 0 Å². The lowest BCUT2D eigenvalue weighted by Gasteiger charge is -2.16. The third-order valence-electron chi connectivity index (χ3n) is 2.38. The number of aromatic nitrogens is 1. The molecule has 5 heteroatoms. The Balaban J connectivity index is 2.49. The van der Waals surface area contributed by atoms with Crippen LogP contribution < -0.4 is 5.32 Å². The molecule has 1 heterocycles. The second kappa shape index (κ2) is 6.57. The zero-order chi connectivity index (χ0) is 12.8. The highest BCUT2D eigenvalue weighted by Gasteiger charge is 2.10. The molecule has 94 valence electrons. The summed E-state index contributed by atoms with van der Waals surface area (Å²) in [6, 6.07) is 3.35. The summed E-state index contributed by atoms with van der Waals surface area (Å²) in [5.74, 6) is -0.111.